The molecule has 0 aliphatic rings. The molecule has 0 heterocycles. The first kappa shape index (κ1) is 18.1. The fraction of sp³-hybridized carbons (Fsp3) is 1.00. The molecule has 0 rings (SSSR count). The molecule has 0 aromatic heterocycles. The fourth-order valence-corrected chi connectivity index (χ4v) is 2.80. The van der Waals surface area contributed by atoms with E-state index in [4.69, 9.17) is 13.8 Å². The molecule has 0 aliphatic carbocycles. The maximum Gasteiger partial charge on any atom is 0.330 e. The van der Waals surface area contributed by atoms with E-state index >= 15 is 0 Å². The maximum atomic E-state index is 11.7. The summed E-state index contributed by atoms with van der Waals surface area (Å²) in [5.41, 5.74) is 0. The van der Waals surface area contributed by atoms with E-state index in [-0.39, 0.29) is 0 Å². The van der Waals surface area contributed by atoms with Gasteiger partial charge in [-0.3, -0.25) is 4.57 Å². The summed E-state index contributed by atoms with van der Waals surface area (Å²) in [5, 5.41) is 0. The summed E-state index contributed by atoms with van der Waals surface area (Å²) in [6, 6.07) is 0. The Morgan fingerprint density at radius 2 is 1.78 bits per heavy atom. The molecular formula is C13H29O4P. The molecule has 0 aliphatic heterocycles. The van der Waals surface area contributed by atoms with Crippen LogP contribution in [0.25, 0.3) is 0 Å². The summed E-state index contributed by atoms with van der Waals surface area (Å²) < 4.78 is 27.1. The Morgan fingerprint density at radius 3 is 2.28 bits per heavy atom. The monoisotopic (exact) mass is 280 g/mol. The average molecular weight is 280 g/mol. The molecule has 0 saturated heterocycles. The van der Waals surface area contributed by atoms with Crippen molar-refractivity contribution in [1.29, 1.82) is 0 Å². The second-order valence-corrected chi connectivity index (χ2v) is 6.94. The highest BCUT2D eigenvalue weighted by molar-refractivity contribution is 7.53. The van der Waals surface area contributed by atoms with Crippen LogP contribution in [0.5, 0.6) is 0 Å². The summed E-state index contributed by atoms with van der Waals surface area (Å²) in [6.45, 7) is 5.84. The van der Waals surface area contributed by atoms with E-state index in [1.807, 2.05) is 0 Å². The van der Waals surface area contributed by atoms with Gasteiger partial charge in [-0.1, -0.05) is 33.1 Å². The fourth-order valence-electron chi connectivity index (χ4n) is 1.77. The zero-order valence-electron chi connectivity index (χ0n) is 12.3. The van der Waals surface area contributed by atoms with Gasteiger partial charge in [0.2, 0.25) is 0 Å². The summed E-state index contributed by atoms with van der Waals surface area (Å²) in [5.74, 6) is 0.654. The van der Waals surface area contributed by atoms with Gasteiger partial charge in [-0.05, 0) is 18.8 Å². The van der Waals surface area contributed by atoms with Crippen molar-refractivity contribution in [3.63, 3.8) is 0 Å². The van der Waals surface area contributed by atoms with Crippen LogP contribution in [0.2, 0.25) is 0 Å². The molecule has 4 nitrogen and oxygen atoms in total. The van der Waals surface area contributed by atoms with E-state index in [0.717, 1.165) is 13.0 Å². The number of hydrogen-bond acceptors (Lipinski definition) is 4. The summed E-state index contributed by atoms with van der Waals surface area (Å²) in [6.07, 6.45) is 6.04. The van der Waals surface area contributed by atoms with Crippen molar-refractivity contribution in [1.82, 2.24) is 0 Å². The largest absolute Gasteiger partial charge is 0.381 e. The molecule has 1 atom stereocenters. The Labute approximate surface area is 112 Å². The summed E-state index contributed by atoms with van der Waals surface area (Å²) >= 11 is 0. The van der Waals surface area contributed by atoms with E-state index in [2.05, 4.69) is 13.8 Å². The third-order valence-corrected chi connectivity index (χ3v) is 5.15. The summed E-state index contributed by atoms with van der Waals surface area (Å²) in [7, 11) is -0.0103. The van der Waals surface area contributed by atoms with Crippen LogP contribution >= 0.6 is 7.60 Å². The lowest BCUT2D eigenvalue weighted by molar-refractivity contribution is 0.0938. The Kier molecular flexibility index (Phi) is 11.0. The van der Waals surface area contributed by atoms with E-state index in [0.29, 0.717) is 25.1 Å². The van der Waals surface area contributed by atoms with Crippen molar-refractivity contribution in [2.75, 3.05) is 33.6 Å². The Hall–Kier alpha value is 0.110. The summed E-state index contributed by atoms with van der Waals surface area (Å²) in [4.78, 5) is 0. The predicted octanol–water partition coefficient (Wildman–Crippen LogP) is 4.10. The van der Waals surface area contributed by atoms with Gasteiger partial charge in [-0.2, -0.15) is 0 Å². The molecule has 0 fully saturated rings. The molecule has 5 heteroatoms. The quantitative estimate of drug-likeness (QED) is 0.399. The van der Waals surface area contributed by atoms with Gasteiger partial charge in [0.05, 0.1) is 6.16 Å². The van der Waals surface area contributed by atoms with Gasteiger partial charge in [0.15, 0.2) is 0 Å². The third kappa shape index (κ3) is 8.25. The molecule has 0 radical (unpaired) electrons. The SMILES string of the molecule is CCCCC(CC)COCCCP(=O)(OC)OC. The molecular weight excluding hydrogens is 251 g/mol. The lowest BCUT2D eigenvalue weighted by Crippen LogP contribution is -2.10. The first-order valence-electron chi connectivity index (χ1n) is 6.90. The molecule has 0 saturated carbocycles. The molecule has 18 heavy (non-hydrogen) atoms. The van der Waals surface area contributed by atoms with Crippen LogP contribution < -0.4 is 0 Å². The predicted molar refractivity (Wildman–Crippen MR) is 75.2 cm³/mol. The van der Waals surface area contributed by atoms with E-state index in [1.165, 1.54) is 33.5 Å². The van der Waals surface area contributed by atoms with Crippen LogP contribution in [-0.2, 0) is 18.3 Å². The van der Waals surface area contributed by atoms with Crippen molar-refractivity contribution < 1.29 is 18.3 Å². The van der Waals surface area contributed by atoms with Crippen molar-refractivity contribution >= 4 is 7.60 Å². The van der Waals surface area contributed by atoms with Gasteiger partial charge in [-0.15, -0.1) is 0 Å². The second kappa shape index (κ2) is 11.0. The average Bonchev–Trinajstić information content (AvgIpc) is 2.41. The van der Waals surface area contributed by atoms with Crippen LogP contribution in [0.1, 0.15) is 46.0 Å². The van der Waals surface area contributed by atoms with Crippen LogP contribution in [0, 0.1) is 5.92 Å². The molecule has 0 spiro atoms. The lowest BCUT2D eigenvalue weighted by atomic mass is 10.0. The minimum atomic E-state index is -2.85. The van der Waals surface area contributed by atoms with Crippen molar-refractivity contribution in [2.45, 2.75) is 46.0 Å². The number of rotatable bonds is 12. The zero-order valence-corrected chi connectivity index (χ0v) is 13.2. The zero-order chi connectivity index (χ0) is 13.9. The third-order valence-electron chi connectivity index (χ3n) is 3.17. The van der Waals surface area contributed by atoms with Gasteiger partial charge >= 0.3 is 7.60 Å². The van der Waals surface area contributed by atoms with Gasteiger partial charge < -0.3 is 13.8 Å². The van der Waals surface area contributed by atoms with Gasteiger partial charge in [0.25, 0.3) is 0 Å². The van der Waals surface area contributed by atoms with Gasteiger partial charge in [0, 0.05) is 27.4 Å². The second-order valence-electron chi connectivity index (χ2n) is 4.54. The lowest BCUT2D eigenvalue weighted by Gasteiger charge is -2.16. The molecule has 0 aromatic rings. The first-order chi connectivity index (χ1) is 8.61. The Morgan fingerprint density at radius 1 is 1.11 bits per heavy atom. The van der Waals surface area contributed by atoms with Crippen molar-refractivity contribution in [3.05, 3.63) is 0 Å². The molecule has 0 N–H and O–H groups in total. The van der Waals surface area contributed by atoms with Crippen LogP contribution in [-0.4, -0.2) is 33.6 Å². The maximum absolute atomic E-state index is 11.7. The minimum Gasteiger partial charge on any atom is -0.381 e. The minimum absolute atomic E-state index is 0.422. The number of hydrogen-bond donors (Lipinski definition) is 0. The normalized spacial score (nSPS) is 13.8. The standard InChI is InChI=1S/C13H29O4P/c1-5-7-9-13(6-2)12-17-10-8-11-18(14,15-3)16-4/h13H,5-12H2,1-4H3. The molecule has 1 unspecified atom stereocenters. The van der Waals surface area contributed by atoms with Crippen molar-refractivity contribution in [2.24, 2.45) is 5.92 Å². The number of ether oxygens (including phenoxy) is 1. The molecule has 0 bridgehead atoms. The highest BCUT2D eigenvalue weighted by Gasteiger charge is 2.19. The van der Waals surface area contributed by atoms with Crippen LogP contribution in [0.4, 0.5) is 0 Å². The topological polar surface area (TPSA) is 44.8 Å². The van der Waals surface area contributed by atoms with Crippen LogP contribution in [0.3, 0.4) is 0 Å². The van der Waals surface area contributed by atoms with Gasteiger partial charge in [0.1, 0.15) is 0 Å². The highest BCUT2D eigenvalue weighted by Crippen LogP contribution is 2.46. The highest BCUT2D eigenvalue weighted by atomic mass is 31.2. The van der Waals surface area contributed by atoms with E-state index < -0.39 is 7.60 Å². The molecule has 110 valence electrons. The Bertz CT molecular complexity index is 225. The van der Waals surface area contributed by atoms with E-state index in [9.17, 15) is 4.57 Å². The molecule has 0 amide bonds. The van der Waals surface area contributed by atoms with Crippen molar-refractivity contribution in [3.8, 4) is 0 Å². The van der Waals surface area contributed by atoms with E-state index in [1.54, 1.807) is 0 Å². The van der Waals surface area contributed by atoms with Crippen LogP contribution in [0.15, 0.2) is 0 Å². The smallest absolute Gasteiger partial charge is 0.330 e. The van der Waals surface area contributed by atoms with Gasteiger partial charge in [-0.25, -0.2) is 0 Å². The number of unbranched alkanes of at least 4 members (excludes halogenated alkanes) is 1. The molecule has 0 aromatic carbocycles. The Balaban J connectivity index is 3.62. The first-order valence-corrected chi connectivity index (χ1v) is 8.62.